The highest BCUT2D eigenvalue weighted by Crippen LogP contribution is 2.33. The maximum absolute atomic E-state index is 4.07. The van der Waals surface area contributed by atoms with Crippen molar-refractivity contribution in [1.82, 2.24) is 0 Å². The lowest BCUT2D eigenvalue weighted by molar-refractivity contribution is 1.12. The fourth-order valence-corrected chi connectivity index (χ4v) is 3.69. The SMILES string of the molecule is C=C/C=C(\C=C)N(/C(C=C)=C(C)/C=C\C)c1ccc2c(ccc3ccccc32)c1. The summed E-state index contributed by atoms with van der Waals surface area (Å²) >= 11 is 0. The molecule has 3 rings (SSSR count). The Labute approximate surface area is 174 Å². The summed E-state index contributed by atoms with van der Waals surface area (Å²) in [4.78, 5) is 2.17. The van der Waals surface area contributed by atoms with Gasteiger partial charge in [0.1, 0.15) is 0 Å². The van der Waals surface area contributed by atoms with Crippen molar-refractivity contribution in [2.75, 3.05) is 4.90 Å². The average molecular weight is 378 g/mol. The molecule has 0 aliphatic rings. The first-order valence-electron chi connectivity index (χ1n) is 9.77. The third-order valence-corrected chi connectivity index (χ3v) is 5.00. The van der Waals surface area contributed by atoms with Crippen LogP contribution in [0.15, 0.2) is 128 Å². The van der Waals surface area contributed by atoms with Crippen LogP contribution >= 0.6 is 0 Å². The van der Waals surface area contributed by atoms with E-state index in [1.54, 1.807) is 6.08 Å². The Morgan fingerprint density at radius 3 is 2.28 bits per heavy atom. The van der Waals surface area contributed by atoms with Crippen LogP contribution in [0.5, 0.6) is 0 Å². The van der Waals surface area contributed by atoms with Crippen molar-refractivity contribution in [3.8, 4) is 0 Å². The van der Waals surface area contributed by atoms with Crippen molar-refractivity contribution in [1.29, 1.82) is 0 Å². The minimum atomic E-state index is 0.943. The molecule has 0 atom stereocenters. The normalized spacial score (nSPS) is 12.8. The molecular weight excluding hydrogens is 350 g/mol. The second-order valence-electron chi connectivity index (χ2n) is 6.83. The molecular formula is C28H27N. The third-order valence-electron chi connectivity index (χ3n) is 5.00. The minimum absolute atomic E-state index is 0.943. The van der Waals surface area contributed by atoms with Gasteiger partial charge in [-0.05, 0) is 71.3 Å². The molecule has 0 radical (unpaired) electrons. The molecule has 0 fully saturated rings. The van der Waals surface area contributed by atoms with Crippen molar-refractivity contribution in [3.05, 3.63) is 128 Å². The summed E-state index contributed by atoms with van der Waals surface area (Å²) in [5.41, 5.74) is 4.13. The standard InChI is InChI=1S/C28H27N/c1-6-12-21(5)28(9-4)29(24(8-3)13-7-2)25-18-19-27-23(20-25)17-16-22-14-10-11-15-26(22)27/h6-20H,2-4H2,1,5H3/b12-6-,24-13+,28-21+. The first-order valence-corrected chi connectivity index (χ1v) is 9.77. The first-order chi connectivity index (χ1) is 14.1. The molecule has 0 bridgehead atoms. The van der Waals surface area contributed by atoms with Gasteiger partial charge in [-0.3, -0.25) is 0 Å². The van der Waals surface area contributed by atoms with Gasteiger partial charge in [0.25, 0.3) is 0 Å². The van der Waals surface area contributed by atoms with E-state index in [0.717, 1.165) is 22.7 Å². The fraction of sp³-hybridized carbons (Fsp3) is 0.0714. The highest BCUT2D eigenvalue weighted by atomic mass is 15.2. The number of rotatable bonds is 7. The maximum atomic E-state index is 4.07. The molecule has 0 spiro atoms. The maximum Gasteiger partial charge on any atom is 0.0484 e. The Morgan fingerprint density at radius 2 is 1.59 bits per heavy atom. The van der Waals surface area contributed by atoms with E-state index in [1.165, 1.54) is 21.5 Å². The number of anilines is 1. The first kappa shape index (κ1) is 20.2. The van der Waals surface area contributed by atoms with Crippen LogP contribution in [0.4, 0.5) is 5.69 Å². The molecule has 0 saturated carbocycles. The molecule has 0 aliphatic carbocycles. The molecule has 0 saturated heterocycles. The van der Waals surface area contributed by atoms with E-state index < -0.39 is 0 Å². The van der Waals surface area contributed by atoms with E-state index in [-0.39, 0.29) is 0 Å². The Morgan fingerprint density at radius 1 is 0.862 bits per heavy atom. The quantitative estimate of drug-likeness (QED) is 0.297. The van der Waals surface area contributed by atoms with E-state index in [2.05, 4.69) is 92.2 Å². The summed E-state index contributed by atoms with van der Waals surface area (Å²) in [5.74, 6) is 0. The molecule has 0 heterocycles. The number of fused-ring (bicyclic) bond motifs is 3. The van der Waals surface area contributed by atoms with Gasteiger partial charge < -0.3 is 4.90 Å². The van der Waals surface area contributed by atoms with E-state index in [1.807, 2.05) is 31.2 Å². The average Bonchev–Trinajstić information content (AvgIpc) is 2.75. The van der Waals surface area contributed by atoms with Gasteiger partial charge >= 0.3 is 0 Å². The molecule has 0 N–H and O–H groups in total. The molecule has 3 aromatic carbocycles. The van der Waals surface area contributed by atoms with Crippen LogP contribution in [0.3, 0.4) is 0 Å². The van der Waals surface area contributed by atoms with Gasteiger partial charge in [0, 0.05) is 17.1 Å². The van der Waals surface area contributed by atoms with Gasteiger partial charge in [-0.2, -0.15) is 0 Å². The molecule has 0 aromatic heterocycles. The van der Waals surface area contributed by atoms with Crippen molar-refractivity contribution in [2.45, 2.75) is 13.8 Å². The van der Waals surface area contributed by atoms with Crippen LogP contribution in [0, 0.1) is 0 Å². The van der Waals surface area contributed by atoms with E-state index >= 15 is 0 Å². The molecule has 144 valence electrons. The highest BCUT2D eigenvalue weighted by molar-refractivity contribution is 6.08. The van der Waals surface area contributed by atoms with Gasteiger partial charge in [-0.15, -0.1) is 0 Å². The summed E-state index contributed by atoms with van der Waals surface area (Å²) in [6.45, 7) is 16.1. The van der Waals surface area contributed by atoms with E-state index in [0.29, 0.717) is 0 Å². The number of hydrogen-bond acceptors (Lipinski definition) is 1. The number of benzene rings is 3. The molecule has 0 unspecified atom stereocenters. The summed E-state index contributed by atoms with van der Waals surface area (Å²) in [6, 6.07) is 19.4. The lowest BCUT2D eigenvalue weighted by Crippen LogP contribution is -2.20. The zero-order valence-electron chi connectivity index (χ0n) is 17.2. The van der Waals surface area contributed by atoms with E-state index in [4.69, 9.17) is 0 Å². The second kappa shape index (κ2) is 9.07. The third kappa shape index (κ3) is 4.00. The molecule has 1 nitrogen and oxygen atoms in total. The Kier molecular flexibility index (Phi) is 6.31. The van der Waals surface area contributed by atoms with Gasteiger partial charge in [0.15, 0.2) is 0 Å². The Balaban J connectivity index is 2.28. The summed E-state index contributed by atoms with van der Waals surface area (Å²) in [6.07, 6.45) is 11.6. The van der Waals surface area contributed by atoms with Crippen LogP contribution in [0.2, 0.25) is 0 Å². The van der Waals surface area contributed by atoms with Crippen molar-refractivity contribution in [3.63, 3.8) is 0 Å². The number of hydrogen-bond donors (Lipinski definition) is 0. The van der Waals surface area contributed by atoms with Crippen molar-refractivity contribution < 1.29 is 0 Å². The number of allylic oxidation sites excluding steroid dienone is 7. The van der Waals surface area contributed by atoms with E-state index in [9.17, 15) is 0 Å². The van der Waals surface area contributed by atoms with Crippen molar-refractivity contribution >= 4 is 27.2 Å². The number of nitrogens with zero attached hydrogens (tertiary/aromatic N) is 1. The smallest absolute Gasteiger partial charge is 0.0484 e. The largest absolute Gasteiger partial charge is 0.310 e. The molecule has 29 heavy (non-hydrogen) atoms. The minimum Gasteiger partial charge on any atom is -0.310 e. The predicted molar refractivity (Wildman–Crippen MR) is 130 cm³/mol. The zero-order chi connectivity index (χ0) is 20.8. The fourth-order valence-electron chi connectivity index (χ4n) is 3.69. The van der Waals surface area contributed by atoms with Gasteiger partial charge in [-0.1, -0.05) is 80.4 Å². The molecule has 0 amide bonds. The lowest BCUT2D eigenvalue weighted by atomic mass is 10.0. The van der Waals surface area contributed by atoms with Crippen LogP contribution in [-0.2, 0) is 0 Å². The molecule has 3 aromatic rings. The van der Waals surface area contributed by atoms with Gasteiger partial charge in [-0.25, -0.2) is 0 Å². The highest BCUT2D eigenvalue weighted by Gasteiger charge is 2.15. The van der Waals surface area contributed by atoms with Crippen LogP contribution in [0.25, 0.3) is 21.5 Å². The Hall–Kier alpha value is -3.58. The lowest BCUT2D eigenvalue weighted by Gasteiger charge is -2.28. The predicted octanol–water partition coefficient (Wildman–Crippen LogP) is 8.09. The van der Waals surface area contributed by atoms with Crippen LogP contribution < -0.4 is 4.90 Å². The molecule has 1 heteroatoms. The van der Waals surface area contributed by atoms with Gasteiger partial charge in [0.05, 0.1) is 0 Å². The topological polar surface area (TPSA) is 3.24 Å². The summed E-state index contributed by atoms with van der Waals surface area (Å²) in [7, 11) is 0. The van der Waals surface area contributed by atoms with Gasteiger partial charge in [0.2, 0.25) is 0 Å². The van der Waals surface area contributed by atoms with Crippen molar-refractivity contribution in [2.24, 2.45) is 0 Å². The monoisotopic (exact) mass is 377 g/mol. The second-order valence-corrected chi connectivity index (χ2v) is 6.83. The summed E-state index contributed by atoms with van der Waals surface area (Å²) in [5, 5.41) is 4.95. The molecule has 0 aliphatic heterocycles. The Bertz CT molecular complexity index is 1170. The van der Waals surface area contributed by atoms with Crippen LogP contribution in [0.1, 0.15) is 13.8 Å². The van der Waals surface area contributed by atoms with Crippen LogP contribution in [-0.4, -0.2) is 0 Å². The zero-order valence-corrected chi connectivity index (χ0v) is 17.2. The summed E-state index contributed by atoms with van der Waals surface area (Å²) < 4.78 is 0.